The Morgan fingerprint density at radius 3 is 2.56 bits per heavy atom. The van der Waals surface area contributed by atoms with Crippen LogP contribution in [0.1, 0.15) is 25.0 Å². The molecule has 0 radical (unpaired) electrons. The van der Waals surface area contributed by atoms with Gasteiger partial charge in [-0.2, -0.15) is 5.26 Å². The number of aliphatic hydroxyl groups is 1. The lowest BCUT2D eigenvalue weighted by atomic mass is 10.0. The first-order chi connectivity index (χ1) is 7.66. The second-order valence-electron chi connectivity index (χ2n) is 3.98. The van der Waals surface area contributed by atoms with Crippen molar-refractivity contribution < 1.29 is 5.11 Å². The fourth-order valence-corrected chi connectivity index (χ4v) is 1.60. The Hall–Kier alpha value is -1.37. The van der Waals surface area contributed by atoms with E-state index in [1.807, 2.05) is 49.2 Å². The third kappa shape index (κ3) is 3.34. The lowest BCUT2D eigenvalue weighted by molar-refractivity contribution is 0.0737. The minimum atomic E-state index is -0.509. The molecule has 1 rings (SSSR count). The highest BCUT2D eigenvalue weighted by atomic mass is 16.3. The molecule has 16 heavy (non-hydrogen) atoms. The van der Waals surface area contributed by atoms with E-state index in [0.29, 0.717) is 13.0 Å². The molecule has 0 saturated heterocycles. The first-order valence-electron chi connectivity index (χ1n) is 5.47. The van der Waals surface area contributed by atoms with Crippen LogP contribution in [0.3, 0.4) is 0 Å². The van der Waals surface area contributed by atoms with Gasteiger partial charge in [0, 0.05) is 19.0 Å². The fraction of sp³-hybridized carbons (Fsp3) is 0.462. The molecule has 0 heterocycles. The van der Waals surface area contributed by atoms with Crippen LogP contribution in [0.4, 0.5) is 0 Å². The van der Waals surface area contributed by atoms with Crippen molar-refractivity contribution in [3.8, 4) is 6.07 Å². The van der Waals surface area contributed by atoms with Crippen LogP contribution in [0.5, 0.6) is 0 Å². The van der Waals surface area contributed by atoms with Crippen molar-refractivity contribution in [2.75, 3.05) is 13.6 Å². The third-order valence-electron chi connectivity index (χ3n) is 2.87. The number of benzene rings is 1. The smallest absolute Gasteiger partial charge is 0.0942 e. The Kier molecular flexibility index (Phi) is 4.97. The summed E-state index contributed by atoms with van der Waals surface area (Å²) in [6, 6.07) is 11.7. The van der Waals surface area contributed by atoms with E-state index in [-0.39, 0.29) is 6.04 Å². The Balaban J connectivity index is 2.60. The maximum absolute atomic E-state index is 10.1. The molecule has 0 saturated carbocycles. The lowest BCUT2D eigenvalue weighted by Gasteiger charge is -2.28. The first-order valence-corrected chi connectivity index (χ1v) is 5.47. The van der Waals surface area contributed by atoms with Crippen LogP contribution in [0.25, 0.3) is 0 Å². The van der Waals surface area contributed by atoms with Gasteiger partial charge in [0.25, 0.3) is 0 Å². The zero-order valence-electron chi connectivity index (χ0n) is 9.80. The number of hydrogen-bond donors (Lipinski definition) is 1. The summed E-state index contributed by atoms with van der Waals surface area (Å²) in [5, 5.41) is 18.6. The van der Waals surface area contributed by atoms with Crippen molar-refractivity contribution in [1.82, 2.24) is 4.90 Å². The second kappa shape index (κ2) is 6.26. The summed E-state index contributed by atoms with van der Waals surface area (Å²) in [4.78, 5) is 2.00. The minimum absolute atomic E-state index is 0.00995. The summed E-state index contributed by atoms with van der Waals surface area (Å²) in [6.45, 7) is 2.65. The number of likely N-dealkylation sites (N-methyl/N-ethyl adjacent to an activating group) is 1. The standard InChI is InChI=1S/C13H18N2O/c1-11(15(2)10-6-9-14)13(16)12-7-4-3-5-8-12/h3-5,7-8,11,13,16H,6,10H2,1-2H3/t11-,13-/m1/s1. The Morgan fingerprint density at radius 2 is 2.00 bits per heavy atom. The fourth-order valence-electron chi connectivity index (χ4n) is 1.60. The monoisotopic (exact) mass is 218 g/mol. The van der Waals surface area contributed by atoms with E-state index in [9.17, 15) is 5.11 Å². The zero-order chi connectivity index (χ0) is 12.0. The van der Waals surface area contributed by atoms with Crippen LogP contribution < -0.4 is 0 Å². The summed E-state index contributed by atoms with van der Waals surface area (Å²) in [5.41, 5.74) is 0.916. The van der Waals surface area contributed by atoms with Crippen molar-refractivity contribution in [3.05, 3.63) is 35.9 Å². The van der Waals surface area contributed by atoms with Crippen molar-refractivity contribution in [2.45, 2.75) is 25.5 Å². The molecule has 3 nitrogen and oxygen atoms in total. The van der Waals surface area contributed by atoms with Crippen molar-refractivity contribution in [1.29, 1.82) is 5.26 Å². The van der Waals surface area contributed by atoms with Gasteiger partial charge in [0.05, 0.1) is 12.2 Å². The second-order valence-corrected chi connectivity index (χ2v) is 3.98. The molecular weight excluding hydrogens is 200 g/mol. The summed E-state index contributed by atoms with van der Waals surface area (Å²) < 4.78 is 0. The molecule has 0 bridgehead atoms. The molecule has 0 aliphatic heterocycles. The molecule has 86 valence electrons. The third-order valence-corrected chi connectivity index (χ3v) is 2.87. The van der Waals surface area contributed by atoms with Gasteiger partial charge in [0.15, 0.2) is 0 Å². The van der Waals surface area contributed by atoms with Gasteiger partial charge in [-0.05, 0) is 19.5 Å². The van der Waals surface area contributed by atoms with E-state index in [1.165, 1.54) is 0 Å². The number of nitrogens with zero attached hydrogens (tertiary/aromatic N) is 2. The SMILES string of the molecule is C[C@H]([C@@H](O)c1ccccc1)N(C)CCC#N. The van der Waals surface area contributed by atoms with E-state index >= 15 is 0 Å². The van der Waals surface area contributed by atoms with Crippen LogP contribution in [-0.4, -0.2) is 29.6 Å². The Bertz CT molecular complexity index is 345. The van der Waals surface area contributed by atoms with Crippen molar-refractivity contribution >= 4 is 0 Å². The van der Waals surface area contributed by atoms with Crippen molar-refractivity contribution in [2.24, 2.45) is 0 Å². The van der Waals surface area contributed by atoms with Crippen LogP contribution in [0.15, 0.2) is 30.3 Å². The van der Waals surface area contributed by atoms with E-state index in [1.54, 1.807) is 0 Å². The lowest BCUT2D eigenvalue weighted by Crippen LogP contribution is -2.34. The maximum Gasteiger partial charge on any atom is 0.0942 e. The van der Waals surface area contributed by atoms with Crippen LogP contribution in [0, 0.1) is 11.3 Å². The summed E-state index contributed by atoms with van der Waals surface area (Å²) >= 11 is 0. The van der Waals surface area contributed by atoms with Gasteiger partial charge < -0.3 is 5.11 Å². The van der Waals surface area contributed by atoms with Crippen LogP contribution in [0.2, 0.25) is 0 Å². The summed E-state index contributed by atoms with van der Waals surface area (Å²) in [5.74, 6) is 0. The average molecular weight is 218 g/mol. The molecule has 3 heteroatoms. The molecule has 1 aromatic carbocycles. The maximum atomic E-state index is 10.1. The van der Waals surface area contributed by atoms with E-state index in [2.05, 4.69) is 6.07 Å². The molecule has 0 amide bonds. The highest BCUT2D eigenvalue weighted by Gasteiger charge is 2.19. The topological polar surface area (TPSA) is 47.3 Å². The van der Waals surface area contributed by atoms with E-state index in [4.69, 9.17) is 5.26 Å². The van der Waals surface area contributed by atoms with Crippen LogP contribution in [-0.2, 0) is 0 Å². The molecule has 0 aliphatic carbocycles. The summed E-state index contributed by atoms with van der Waals surface area (Å²) in [7, 11) is 1.92. The highest BCUT2D eigenvalue weighted by Crippen LogP contribution is 2.19. The molecule has 2 atom stereocenters. The van der Waals surface area contributed by atoms with Gasteiger partial charge >= 0.3 is 0 Å². The Labute approximate surface area is 96.9 Å². The van der Waals surface area contributed by atoms with Gasteiger partial charge in [-0.15, -0.1) is 0 Å². The van der Waals surface area contributed by atoms with E-state index in [0.717, 1.165) is 5.56 Å². The number of rotatable bonds is 5. The molecule has 0 aromatic heterocycles. The predicted molar refractivity (Wildman–Crippen MR) is 63.7 cm³/mol. The summed E-state index contributed by atoms with van der Waals surface area (Å²) in [6.07, 6.45) is -0.0209. The van der Waals surface area contributed by atoms with Gasteiger partial charge in [-0.25, -0.2) is 0 Å². The highest BCUT2D eigenvalue weighted by molar-refractivity contribution is 5.18. The molecular formula is C13H18N2O. The largest absolute Gasteiger partial charge is 0.387 e. The van der Waals surface area contributed by atoms with Crippen molar-refractivity contribution in [3.63, 3.8) is 0 Å². The quantitative estimate of drug-likeness (QED) is 0.821. The minimum Gasteiger partial charge on any atom is -0.387 e. The Morgan fingerprint density at radius 1 is 1.38 bits per heavy atom. The van der Waals surface area contributed by atoms with Gasteiger partial charge in [-0.1, -0.05) is 30.3 Å². The molecule has 0 spiro atoms. The number of nitriles is 1. The predicted octanol–water partition coefficient (Wildman–Crippen LogP) is 1.95. The molecule has 1 aromatic rings. The van der Waals surface area contributed by atoms with Gasteiger partial charge in [0.2, 0.25) is 0 Å². The molecule has 0 fully saturated rings. The van der Waals surface area contributed by atoms with Gasteiger partial charge in [-0.3, -0.25) is 4.90 Å². The van der Waals surface area contributed by atoms with Gasteiger partial charge in [0.1, 0.15) is 0 Å². The number of hydrogen-bond acceptors (Lipinski definition) is 3. The van der Waals surface area contributed by atoms with E-state index < -0.39 is 6.10 Å². The number of aliphatic hydroxyl groups excluding tert-OH is 1. The first kappa shape index (κ1) is 12.7. The molecule has 0 unspecified atom stereocenters. The van der Waals surface area contributed by atoms with Crippen LogP contribution >= 0.6 is 0 Å². The molecule has 1 N–H and O–H groups in total. The average Bonchev–Trinajstić information content (AvgIpc) is 2.35. The normalized spacial score (nSPS) is 14.4. The molecule has 0 aliphatic rings. The zero-order valence-corrected chi connectivity index (χ0v) is 9.80.